The molecule has 1 aliphatic rings. The first-order valence-corrected chi connectivity index (χ1v) is 11.2. The Morgan fingerprint density at radius 2 is 2.09 bits per heavy atom. The van der Waals surface area contributed by atoms with Crippen molar-refractivity contribution in [2.24, 2.45) is 0 Å². The van der Waals surface area contributed by atoms with E-state index in [1.165, 1.54) is 18.0 Å². The zero-order valence-electron chi connectivity index (χ0n) is 17.3. The number of phosphoric ester groups is 1. The van der Waals surface area contributed by atoms with Crippen molar-refractivity contribution in [3.8, 4) is 5.75 Å². The van der Waals surface area contributed by atoms with Gasteiger partial charge in [0.1, 0.15) is 24.1 Å². The molecule has 3 heterocycles. The van der Waals surface area contributed by atoms with Crippen molar-refractivity contribution in [3.63, 3.8) is 0 Å². The highest BCUT2D eigenvalue weighted by molar-refractivity contribution is 7.46. The first kappa shape index (κ1) is 23.3. The lowest BCUT2D eigenvalue weighted by molar-refractivity contribution is -0.745. The van der Waals surface area contributed by atoms with Gasteiger partial charge in [0.05, 0.1) is 20.3 Å². The molecule has 0 amide bonds. The molecule has 1 fully saturated rings. The van der Waals surface area contributed by atoms with Crippen molar-refractivity contribution in [1.82, 2.24) is 14.5 Å². The van der Waals surface area contributed by atoms with Gasteiger partial charge in [0.25, 0.3) is 11.5 Å². The lowest BCUT2D eigenvalue weighted by atomic mass is 10.1. The number of methoxy groups -OCH3 is 1. The monoisotopic (exact) mass is 484 g/mol. The van der Waals surface area contributed by atoms with Crippen LogP contribution in [0.5, 0.6) is 5.75 Å². The highest BCUT2D eigenvalue weighted by atomic mass is 31.2. The maximum Gasteiger partial charge on any atom is 0.469 e. The Balaban J connectivity index is 1.73. The van der Waals surface area contributed by atoms with Crippen LogP contribution in [-0.2, 0) is 20.4 Å². The third-order valence-corrected chi connectivity index (χ3v) is 5.68. The summed E-state index contributed by atoms with van der Waals surface area (Å²) in [5.74, 6) is 0.452. The summed E-state index contributed by atoms with van der Waals surface area (Å²) >= 11 is 0. The number of ether oxygens (including phenoxy) is 2. The minimum atomic E-state index is -4.82. The number of H-pyrrole nitrogens is 1. The predicted molar refractivity (Wildman–Crippen MR) is 111 cm³/mol. The molecule has 0 saturated carbocycles. The summed E-state index contributed by atoms with van der Waals surface area (Å²) in [6.45, 7) is -0.441. The lowest BCUT2D eigenvalue weighted by Gasteiger charge is -2.14. The van der Waals surface area contributed by atoms with Gasteiger partial charge in [-0.1, -0.05) is 17.1 Å². The van der Waals surface area contributed by atoms with E-state index in [-0.39, 0.29) is 23.7 Å². The summed E-state index contributed by atoms with van der Waals surface area (Å²) in [4.78, 5) is 37.1. The minimum absolute atomic E-state index is 0.0759. The van der Waals surface area contributed by atoms with E-state index >= 15 is 0 Å². The summed E-state index contributed by atoms with van der Waals surface area (Å²) in [6.07, 6.45) is -4.06. The van der Waals surface area contributed by atoms with Gasteiger partial charge in [-0.2, -0.15) is 0 Å². The number of hydrogen-bond donors (Lipinski definition) is 6. The Bertz CT molecular complexity index is 1270. The maximum absolute atomic E-state index is 12.7. The van der Waals surface area contributed by atoms with Crippen LogP contribution < -0.4 is 20.6 Å². The summed E-state index contributed by atoms with van der Waals surface area (Å²) < 4.78 is 29.1. The average molecular weight is 484 g/mol. The number of anilines is 1. The van der Waals surface area contributed by atoms with Crippen molar-refractivity contribution < 1.29 is 43.1 Å². The van der Waals surface area contributed by atoms with Crippen molar-refractivity contribution in [2.45, 2.75) is 31.1 Å². The number of imidazole rings is 1. The number of aromatic amines is 1. The van der Waals surface area contributed by atoms with Gasteiger partial charge in [0, 0.05) is 0 Å². The van der Waals surface area contributed by atoms with E-state index in [0.29, 0.717) is 5.75 Å². The molecule has 1 aliphatic heterocycles. The van der Waals surface area contributed by atoms with Gasteiger partial charge >= 0.3 is 13.5 Å². The molecule has 1 aromatic carbocycles. The number of hydrogen-bond acceptors (Lipinski definition) is 9. The lowest BCUT2D eigenvalue weighted by Crippen LogP contribution is -2.46. The molecule has 3 aromatic rings. The fourth-order valence-electron chi connectivity index (χ4n) is 3.71. The number of phosphoric acid groups is 1. The molecule has 0 spiro atoms. The van der Waals surface area contributed by atoms with Crippen LogP contribution in [0.1, 0.15) is 11.8 Å². The second kappa shape index (κ2) is 8.83. The van der Waals surface area contributed by atoms with Crippen molar-refractivity contribution in [2.75, 3.05) is 19.5 Å². The molecule has 0 bridgehead atoms. The molecule has 4 rings (SSSR count). The van der Waals surface area contributed by atoms with Gasteiger partial charge in [0.15, 0.2) is 6.33 Å². The summed E-state index contributed by atoms with van der Waals surface area (Å²) in [6, 6.07) is 7.18. The number of nitrogens with two attached hydrogens (primary N) is 1. The molecule has 0 unspecified atom stereocenters. The molecule has 4 atom stereocenters. The highest BCUT2D eigenvalue weighted by Gasteiger charge is 2.47. The molecular formula is C18H23N5O9P+. The Morgan fingerprint density at radius 1 is 1.33 bits per heavy atom. The number of nitrogen functional groups attached to an aromatic ring is 1. The van der Waals surface area contributed by atoms with Gasteiger partial charge < -0.3 is 35.2 Å². The predicted octanol–water partition coefficient (Wildman–Crippen LogP) is -1.62. The van der Waals surface area contributed by atoms with Crippen LogP contribution in [-0.4, -0.2) is 66.6 Å². The summed E-state index contributed by atoms with van der Waals surface area (Å²) in [5.41, 5.74) is 6.19. The van der Waals surface area contributed by atoms with Gasteiger partial charge in [0.2, 0.25) is 11.7 Å². The Labute approximate surface area is 186 Å². The summed E-state index contributed by atoms with van der Waals surface area (Å²) in [7, 11) is -3.28. The first-order valence-electron chi connectivity index (χ1n) is 9.72. The molecule has 0 aliphatic carbocycles. The van der Waals surface area contributed by atoms with Gasteiger partial charge in [-0.15, -0.1) is 0 Å². The number of aliphatic hydroxyl groups is 2. The van der Waals surface area contributed by atoms with Crippen LogP contribution in [0.3, 0.4) is 0 Å². The van der Waals surface area contributed by atoms with E-state index in [1.54, 1.807) is 22.8 Å². The molecule has 1 saturated heterocycles. The molecular weight excluding hydrogens is 461 g/mol. The van der Waals surface area contributed by atoms with E-state index in [4.69, 9.17) is 25.0 Å². The highest BCUT2D eigenvalue weighted by Crippen LogP contribution is 2.37. The van der Waals surface area contributed by atoms with E-state index in [2.05, 4.69) is 14.5 Å². The van der Waals surface area contributed by atoms with Crippen molar-refractivity contribution in [1.29, 1.82) is 0 Å². The first-order chi connectivity index (χ1) is 15.6. The fraction of sp³-hybridized carbons (Fsp3) is 0.389. The number of fused-ring (bicyclic) bond motifs is 1. The third-order valence-electron chi connectivity index (χ3n) is 5.20. The smallest absolute Gasteiger partial charge is 0.469 e. The van der Waals surface area contributed by atoms with E-state index in [0.717, 1.165) is 5.56 Å². The second-order valence-corrected chi connectivity index (χ2v) is 8.70. The van der Waals surface area contributed by atoms with Crippen LogP contribution in [0.2, 0.25) is 0 Å². The normalized spacial score (nSPS) is 23.3. The average Bonchev–Trinajstić information content (AvgIpc) is 3.23. The fourth-order valence-corrected chi connectivity index (χ4v) is 4.06. The quantitative estimate of drug-likeness (QED) is 0.166. The topological polar surface area (TPSA) is 206 Å². The van der Waals surface area contributed by atoms with E-state index < -0.39 is 44.5 Å². The number of nitrogens with one attached hydrogen (secondary N) is 1. The van der Waals surface area contributed by atoms with Gasteiger partial charge in [-0.05, 0) is 17.7 Å². The largest absolute Gasteiger partial charge is 0.497 e. The number of benzene rings is 1. The SMILES string of the molecule is COc1cccc(Cn2c[n+]([C@H]3O[C@@H](COP(=O)(O)O)[C@H](O)[C@@H]3O)c3nc(N)[nH]c(=O)c32)c1. The number of aliphatic hydroxyl groups excluding tert-OH is 2. The van der Waals surface area contributed by atoms with Crippen LogP contribution in [0, 0.1) is 0 Å². The zero-order valence-corrected chi connectivity index (χ0v) is 18.2. The van der Waals surface area contributed by atoms with E-state index in [9.17, 15) is 19.6 Å². The standard InChI is InChI=1S/C18H22N5O9P/c1-30-10-4-2-3-9(5-10)6-22-8-23(15-12(22)16(26)21-18(19)20-15)17-14(25)13(24)11(32-17)7-31-33(27,28)29/h2-5,8,11,13-14,17,24-25H,6-7H2,1H3,(H4-,19,20,21,26,27,28,29)/p+1/t11-,13-,14-,17-/m0/s1. The minimum Gasteiger partial charge on any atom is -0.497 e. The second-order valence-electron chi connectivity index (χ2n) is 7.46. The number of rotatable bonds is 7. The molecule has 0 radical (unpaired) electrons. The Morgan fingerprint density at radius 3 is 2.79 bits per heavy atom. The van der Waals surface area contributed by atoms with Gasteiger partial charge in [-0.3, -0.25) is 18.9 Å². The Kier molecular flexibility index (Phi) is 6.24. The zero-order chi connectivity index (χ0) is 23.9. The van der Waals surface area contributed by atoms with Crippen LogP contribution >= 0.6 is 7.82 Å². The van der Waals surface area contributed by atoms with Gasteiger partial charge in [-0.25, -0.2) is 9.13 Å². The third kappa shape index (κ3) is 4.77. The maximum atomic E-state index is 12.7. The molecule has 7 N–H and O–H groups in total. The van der Waals surface area contributed by atoms with Crippen LogP contribution in [0.25, 0.3) is 11.2 Å². The molecule has 33 heavy (non-hydrogen) atoms. The van der Waals surface area contributed by atoms with Crippen LogP contribution in [0.15, 0.2) is 35.4 Å². The van der Waals surface area contributed by atoms with Crippen molar-refractivity contribution >= 4 is 24.9 Å². The number of aromatic nitrogens is 4. The van der Waals surface area contributed by atoms with E-state index in [1.807, 2.05) is 6.07 Å². The number of nitrogens with zero attached hydrogens (tertiary/aromatic N) is 3. The molecule has 178 valence electrons. The summed E-state index contributed by atoms with van der Waals surface area (Å²) in [5, 5.41) is 20.9. The molecule has 15 heteroatoms. The molecule has 14 nitrogen and oxygen atoms in total. The Hall–Kier alpha value is -2.84. The van der Waals surface area contributed by atoms with Crippen LogP contribution in [0.4, 0.5) is 5.95 Å². The molecule has 2 aromatic heterocycles. The van der Waals surface area contributed by atoms with Crippen molar-refractivity contribution in [3.05, 3.63) is 46.5 Å².